The van der Waals surface area contributed by atoms with Crippen molar-refractivity contribution in [3.05, 3.63) is 21.3 Å². The third-order valence-corrected chi connectivity index (χ3v) is 4.32. The van der Waals surface area contributed by atoms with Gasteiger partial charge >= 0.3 is 0 Å². The zero-order valence-corrected chi connectivity index (χ0v) is 10.3. The first-order valence-corrected chi connectivity index (χ1v) is 6.10. The second kappa shape index (κ2) is 4.39. The Morgan fingerprint density at radius 2 is 2.40 bits per heavy atom. The normalized spacial score (nSPS) is 27.0. The van der Waals surface area contributed by atoms with E-state index in [-0.39, 0.29) is 6.04 Å². The van der Waals surface area contributed by atoms with Crippen LogP contribution in [-0.4, -0.2) is 23.6 Å². The molecule has 1 aliphatic carbocycles. The smallest absolute Gasteiger partial charge is 0.0931 e. The van der Waals surface area contributed by atoms with Gasteiger partial charge in [0.1, 0.15) is 0 Å². The fourth-order valence-electron chi connectivity index (χ4n) is 1.93. The topological polar surface area (TPSA) is 32.7 Å². The van der Waals surface area contributed by atoms with Gasteiger partial charge in [-0.05, 0) is 37.3 Å². The number of halogens is 1. The molecule has 1 saturated carbocycles. The van der Waals surface area contributed by atoms with Crippen molar-refractivity contribution in [2.75, 3.05) is 7.11 Å². The van der Waals surface area contributed by atoms with Crippen LogP contribution in [0, 0.1) is 5.92 Å². The maximum atomic E-state index is 9.40. The largest absolute Gasteiger partial charge is 0.289 e. The monoisotopic (exact) mass is 247 g/mol. The Morgan fingerprint density at radius 3 is 2.93 bits per heavy atom. The third-order valence-electron chi connectivity index (χ3n) is 2.95. The molecule has 1 aromatic rings. The van der Waals surface area contributed by atoms with Crippen LogP contribution in [0.2, 0.25) is 4.34 Å². The van der Waals surface area contributed by atoms with Crippen LogP contribution in [0.4, 0.5) is 0 Å². The molecule has 3 nitrogen and oxygen atoms in total. The zero-order valence-electron chi connectivity index (χ0n) is 8.68. The fraction of sp³-hybridized carbons (Fsp3) is 0.600. The summed E-state index contributed by atoms with van der Waals surface area (Å²) >= 11 is 7.51. The summed E-state index contributed by atoms with van der Waals surface area (Å²) in [5.74, 6) is 0.993. The number of hydrogen-bond acceptors (Lipinski definition) is 4. The van der Waals surface area contributed by atoms with Gasteiger partial charge in [-0.15, -0.1) is 11.3 Å². The molecule has 0 amide bonds. The molecule has 1 heterocycles. The molecule has 84 valence electrons. The van der Waals surface area contributed by atoms with Crippen molar-refractivity contribution in [2.45, 2.75) is 25.3 Å². The van der Waals surface area contributed by atoms with E-state index in [9.17, 15) is 5.21 Å². The van der Waals surface area contributed by atoms with Crippen molar-refractivity contribution in [2.24, 2.45) is 5.92 Å². The maximum absolute atomic E-state index is 9.40. The predicted molar refractivity (Wildman–Crippen MR) is 60.3 cm³/mol. The number of hydrogen-bond donors (Lipinski definition) is 1. The van der Waals surface area contributed by atoms with E-state index in [1.54, 1.807) is 11.3 Å². The summed E-state index contributed by atoms with van der Waals surface area (Å²) in [5.41, 5.74) is 0. The average molecular weight is 248 g/mol. The molecular formula is C10H14ClNO2S. The highest BCUT2D eigenvalue weighted by Gasteiger charge is 2.45. The van der Waals surface area contributed by atoms with Crippen molar-refractivity contribution in [3.8, 4) is 0 Å². The first-order valence-electron chi connectivity index (χ1n) is 4.91. The van der Waals surface area contributed by atoms with Crippen LogP contribution in [0.25, 0.3) is 0 Å². The first kappa shape index (κ1) is 11.4. The highest BCUT2D eigenvalue weighted by atomic mass is 35.5. The van der Waals surface area contributed by atoms with Gasteiger partial charge in [0.15, 0.2) is 0 Å². The molecule has 3 unspecified atom stereocenters. The molecule has 1 aromatic heterocycles. The van der Waals surface area contributed by atoms with Gasteiger partial charge in [-0.3, -0.25) is 10.0 Å². The van der Waals surface area contributed by atoms with E-state index in [1.165, 1.54) is 12.0 Å². The quantitative estimate of drug-likeness (QED) is 0.830. The summed E-state index contributed by atoms with van der Waals surface area (Å²) < 4.78 is 0.830. The number of nitrogens with zero attached hydrogens (tertiary/aromatic N) is 1. The van der Waals surface area contributed by atoms with Gasteiger partial charge in [0, 0.05) is 4.88 Å². The average Bonchev–Trinajstić information content (AvgIpc) is 2.92. The van der Waals surface area contributed by atoms with E-state index in [1.807, 2.05) is 13.0 Å². The first-order chi connectivity index (χ1) is 7.13. The summed E-state index contributed by atoms with van der Waals surface area (Å²) in [7, 11) is 1.47. The summed E-state index contributed by atoms with van der Waals surface area (Å²) in [6.45, 7) is 1.96. The molecule has 0 radical (unpaired) electrons. The lowest BCUT2D eigenvalue weighted by molar-refractivity contribution is -0.349. The van der Waals surface area contributed by atoms with Crippen LogP contribution in [0.5, 0.6) is 0 Å². The Labute approximate surface area is 98.1 Å². The molecule has 2 rings (SSSR count). The Hall–Kier alpha value is -0.130. The van der Waals surface area contributed by atoms with E-state index in [4.69, 9.17) is 16.4 Å². The SMILES string of the molecule is CON(O)C(C)C1CC1c1ccc(Cl)s1. The second-order valence-corrected chi connectivity index (χ2v) is 5.62. The maximum Gasteiger partial charge on any atom is 0.0931 e. The summed E-state index contributed by atoms with van der Waals surface area (Å²) in [6, 6.07) is 4.02. The van der Waals surface area contributed by atoms with Gasteiger partial charge in [0.2, 0.25) is 0 Å². The molecule has 5 heteroatoms. The minimum atomic E-state index is 0.0286. The van der Waals surface area contributed by atoms with Gasteiger partial charge < -0.3 is 0 Å². The molecule has 3 atom stereocenters. The fourth-order valence-corrected chi connectivity index (χ4v) is 3.18. The number of thiophene rings is 1. The lowest BCUT2D eigenvalue weighted by atomic mass is 10.2. The minimum Gasteiger partial charge on any atom is -0.289 e. The van der Waals surface area contributed by atoms with Crippen molar-refractivity contribution in [3.63, 3.8) is 0 Å². The predicted octanol–water partition coefficient (Wildman–Crippen LogP) is 3.15. The Morgan fingerprint density at radius 1 is 1.67 bits per heavy atom. The second-order valence-electron chi connectivity index (χ2n) is 3.87. The summed E-state index contributed by atoms with van der Waals surface area (Å²) in [5, 5.41) is 10.3. The highest BCUT2D eigenvalue weighted by molar-refractivity contribution is 7.16. The van der Waals surface area contributed by atoms with Gasteiger partial charge in [0.25, 0.3) is 0 Å². The Bertz CT molecular complexity index is 344. The molecule has 1 N–H and O–H groups in total. The molecule has 1 aliphatic rings. The standard InChI is InChI=1S/C10H14ClNO2S/c1-6(12(13)14-2)7-5-8(7)9-3-4-10(11)15-9/h3-4,6-8,13H,5H2,1-2H3. The van der Waals surface area contributed by atoms with Crippen molar-refractivity contribution >= 4 is 22.9 Å². The number of rotatable bonds is 4. The van der Waals surface area contributed by atoms with Gasteiger partial charge in [-0.2, -0.15) is 0 Å². The summed E-state index contributed by atoms with van der Waals surface area (Å²) in [6.07, 6.45) is 1.10. The number of hydroxylamine groups is 2. The lowest BCUT2D eigenvalue weighted by Gasteiger charge is -2.19. The van der Waals surface area contributed by atoms with E-state index < -0.39 is 0 Å². The third kappa shape index (κ3) is 2.34. The van der Waals surface area contributed by atoms with Crippen LogP contribution in [0.3, 0.4) is 0 Å². The van der Waals surface area contributed by atoms with Crippen LogP contribution >= 0.6 is 22.9 Å². The summed E-state index contributed by atoms with van der Waals surface area (Å²) in [4.78, 5) is 6.08. The minimum absolute atomic E-state index is 0.0286. The van der Waals surface area contributed by atoms with Gasteiger partial charge in [-0.25, -0.2) is 0 Å². The molecule has 0 bridgehead atoms. The Balaban J connectivity index is 1.96. The lowest BCUT2D eigenvalue weighted by Crippen LogP contribution is -2.30. The van der Waals surface area contributed by atoms with Gasteiger partial charge in [0.05, 0.1) is 17.5 Å². The van der Waals surface area contributed by atoms with Crippen molar-refractivity contribution < 1.29 is 10.0 Å². The van der Waals surface area contributed by atoms with E-state index in [2.05, 4.69) is 6.07 Å². The van der Waals surface area contributed by atoms with E-state index >= 15 is 0 Å². The molecule has 15 heavy (non-hydrogen) atoms. The van der Waals surface area contributed by atoms with Crippen molar-refractivity contribution in [1.82, 2.24) is 5.23 Å². The zero-order chi connectivity index (χ0) is 11.0. The Kier molecular flexibility index (Phi) is 3.33. The van der Waals surface area contributed by atoms with Crippen LogP contribution < -0.4 is 0 Å². The molecular weight excluding hydrogens is 234 g/mol. The van der Waals surface area contributed by atoms with Gasteiger partial charge in [-0.1, -0.05) is 16.8 Å². The molecule has 1 fully saturated rings. The van der Waals surface area contributed by atoms with Crippen LogP contribution in [0.1, 0.15) is 24.1 Å². The van der Waals surface area contributed by atoms with Crippen LogP contribution in [0.15, 0.2) is 12.1 Å². The van der Waals surface area contributed by atoms with Crippen molar-refractivity contribution in [1.29, 1.82) is 0 Å². The molecule has 0 spiro atoms. The molecule has 0 saturated heterocycles. The van der Waals surface area contributed by atoms with E-state index in [0.29, 0.717) is 11.8 Å². The molecule has 0 aromatic carbocycles. The highest BCUT2D eigenvalue weighted by Crippen LogP contribution is 2.52. The van der Waals surface area contributed by atoms with Crippen LogP contribution in [-0.2, 0) is 4.84 Å². The van der Waals surface area contributed by atoms with E-state index in [0.717, 1.165) is 16.0 Å². The molecule has 0 aliphatic heterocycles.